The molecule has 0 fully saturated rings. The molecular weight excluding hydrogens is 392 g/mol. The SMILES string of the molecule is NC(N)=NCCC[C@H](NC(=O)O)C(=O)OC(=O)[C@H](CCCN=C(N)N)NC(=O)O. The van der Waals surface area contributed by atoms with Gasteiger partial charge in [-0.2, -0.15) is 0 Å². The largest absolute Gasteiger partial charge is 0.465 e. The van der Waals surface area contributed by atoms with Crippen LogP contribution in [0.3, 0.4) is 0 Å². The molecule has 0 aromatic rings. The molecule has 0 rings (SSSR count). The fourth-order valence-corrected chi connectivity index (χ4v) is 2.04. The molecule has 0 heterocycles. The summed E-state index contributed by atoms with van der Waals surface area (Å²) in [6.07, 6.45) is -2.73. The van der Waals surface area contributed by atoms with E-state index in [1.807, 2.05) is 10.6 Å². The van der Waals surface area contributed by atoms with Crippen LogP contribution in [-0.2, 0) is 14.3 Å². The molecular formula is C14H26N8O7. The number of hydrogen-bond acceptors (Lipinski definition) is 7. The van der Waals surface area contributed by atoms with Gasteiger partial charge in [-0.25, -0.2) is 19.2 Å². The quantitative estimate of drug-likeness (QED) is 0.0536. The van der Waals surface area contributed by atoms with Crippen LogP contribution in [0, 0.1) is 0 Å². The van der Waals surface area contributed by atoms with E-state index in [-0.39, 0.29) is 50.7 Å². The van der Waals surface area contributed by atoms with Crippen molar-refractivity contribution >= 4 is 36.0 Å². The molecule has 2 atom stereocenters. The second kappa shape index (κ2) is 13.4. The second-order valence-corrected chi connectivity index (χ2v) is 5.64. The number of ether oxygens (including phenoxy) is 1. The minimum Gasteiger partial charge on any atom is -0.465 e. The van der Waals surface area contributed by atoms with Gasteiger partial charge in [0.05, 0.1) is 0 Å². The molecule has 0 radical (unpaired) electrons. The molecule has 15 nitrogen and oxygen atoms in total. The molecule has 2 amide bonds. The third kappa shape index (κ3) is 13.1. The summed E-state index contributed by atoms with van der Waals surface area (Å²) in [5, 5.41) is 21.5. The predicted octanol–water partition coefficient (Wildman–Crippen LogP) is -2.56. The minimum atomic E-state index is -1.52. The fourth-order valence-electron chi connectivity index (χ4n) is 2.04. The van der Waals surface area contributed by atoms with Crippen molar-refractivity contribution < 1.29 is 34.1 Å². The van der Waals surface area contributed by atoms with Crippen molar-refractivity contribution in [2.75, 3.05) is 13.1 Å². The highest BCUT2D eigenvalue weighted by molar-refractivity contribution is 5.93. The molecule has 0 aromatic carbocycles. The van der Waals surface area contributed by atoms with Crippen LogP contribution >= 0.6 is 0 Å². The molecule has 0 aliphatic carbocycles. The number of guanidine groups is 2. The predicted molar refractivity (Wildman–Crippen MR) is 101 cm³/mol. The van der Waals surface area contributed by atoms with Crippen molar-refractivity contribution in [1.82, 2.24) is 10.6 Å². The number of aliphatic imine (C=N–C) groups is 2. The van der Waals surface area contributed by atoms with E-state index in [0.717, 1.165) is 0 Å². The maximum Gasteiger partial charge on any atom is 0.405 e. The number of amides is 2. The number of nitrogens with one attached hydrogen (secondary N) is 2. The molecule has 15 heteroatoms. The lowest BCUT2D eigenvalue weighted by atomic mass is 10.1. The van der Waals surface area contributed by atoms with Crippen LogP contribution in [0.25, 0.3) is 0 Å². The summed E-state index contributed by atoms with van der Waals surface area (Å²) in [4.78, 5) is 53.4. The van der Waals surface area contributed by atoms with Gasteiger partial charge in [0.1, 0.15) is 12.1 Å². The highest BCUT2D eigenvalue weighted by Gasteiger charge is 2.29. The highest BCUT2D eigenvalue weighted by atomic mass is 16.6. The molecule has 0 aromatic heterocycles. The number of nitrogens with two attached hydrogens (primary N) is 4. The topological polar surface area (TPSA) is 271 Å². The molecule has 0 bridgehead atoms. The Balaban J connectivity index is 4.92. The number of rotatable bonds is 12. The highest BCUT2D eigenvalue weighted by Crippen LogP contribution is 2.06. The van der Waals surface area contributed by atoms with Crippen molar-refractivity contribution in [1.29, 1.82) is 0 Å². The molecule has 29 heavy (non-hydrogen) atoms. The summed E-state index contributed by atoms with van der Waals surface area (Å²) >= 11 is 0. The monoisotopic (exact) mass is 418 g/mol. The maximum absolute atomic E-state index is 12.1. The molecule has 0 unspecified atom stereocenters. The van der Waals surface area contributed by atoms with Crippen LogP contribution in [-0.4, -0.2) is 71.4 Å². The van der Waals surface area contributed by atoms with Crippen LogP contribution in [0.2, 0.25) is 0 Å². The van der Waals surface area contributed by atoms with Gasteiger partial charge in [-0.05, 0) is 25.7 Å². The molecule has 12 N–H and O–H groups in total. The Hall–Kier alpha value is -3.78. The third-order valence-corrected chi connectivity index (χ3v) is 3.26. The lowest BCUT2D eigenvalue weighted by molar-refractivity contribution is -0.162. The summed E-state index contributed by atoms with van der Waals surface area (Å²) in [5.74, 6) is -2.73. The van der Waals surface area contributed by atoms with Gasteiger partial charge in [-0.3, -0.25) is 9.98 Å². The first-order chi connectivity index (χ1) is 13.5. The van der Waals surface area contributed by atoms with Crippen molar-refractivity contribution in [2.24, 2.45) is 32.9 Å². The smallest absolute Gasteiger partial charge is 0.405 e. The number of hydrogen-bond donors (Lipinski definition) is 8. The number of carbonyl (C=O) groups is 4. The van der Waals surface area contributed by atoms with Gasteiger partial charge in [0, 0.05) is 13.1 Å². The Labute approximate surface area is 165 Å². The average molecular weight is 418 g/mol. The van der Waals surface area contributed by atoms with E-state index in [1.54, 1.807) is 0 Å². The normalized spacial score (nSPS) is 12.0. The summed E-state index contributed by atoms with van der Waals surface area (Å²) in [7, 11) is 0. The van der Waals surface area contributed by atoms with Gasteiger partial charge in [-0.15, -0.1) is 0 Å². The van der Waals surface area contributed by atoms with Gasteiger partial charge in [0.15, 0.2) is 11.9 Å². The molecule has 164 valence electrons. The Morgan fingerprint density at radius 2 is 1.10 bits per heavy atom. The minimum absolute atomic E-state index is 0.0588. The number of esters is 2. The first kappa shape index (κ1) is 25.2. The lowest BCUT2D eigenvalue weighted by Gasteiger charge is -2.18. The number of carboxylic acid groups (broad SMARTS) is 2. The van der Waals surface area contributed by atoms with Crippen LogP contribution < -0.4 is 33.6 Å². The Kier molecular flexibility index (Phi) is 11.7. The zero-order valence-electron chi connectivity index (χ0n) is 15.5. The van der Waals surface area contributed by atoms with E-state index in [4.69, 9.17) is 33.1 Å². The van der Waals surface area contributed by atoms with Crippen molar-refractivity contribution in [2.45, 2.75) is 37.8 Å². The molecule has 0 saturated carbocycles. The lowest BCUT2D eigenvalue weighted by Crippen LogP contribution is -2.46. The van der Waals surface area contributed by atoms with Gasteiger partial charge in [0.25, 0.3) is 0 Å². The first-order valence-electron chi connectivity index (χ1n) is 8.38. The van der Waals surface area contributed by atoms with Gasteiger partial charge in [-0.1, -0.05) is 0 Å². The third-order valence-electron chi connectivity index (χ3n) is 3.26. The molecule has 0 aliphatic rings. The summed E-state index contributed by atoms with van der Waals surface area (Å²) in [6.45, 7) is 0.241. The van der Waals surface area contributed by atoms with Gasteiger partial charge < -0.3 is 48.5 Å². The molecule has 0 aliphatic heterocycles. The van der Waals surface area contributed by atoms with E-state index in [1.165, 1.54) is 0 Å². The van der Waals surface area contributed by atoms with Crippen molar-refractivity contribution in [3.05, 3.63) is 0 Å². The zero-order valence-corrected chi connectivity index (χ0v) is 15.5. The number of nitrogens with zero attached hydrogens (tertiary/aromatic N) is 2. The Bertz CT molecular complexity index is 590. The van der Waals surface area contributed by atoms with E-state index in [9.17, 15) is 19.2 Å². The summed E-state index contributed by atoms with van der Waals surface area (Å²) < 4.78 is 4.63. The van der Waals surface area contributed by atoms with Gasteiger partial charge in [0.2, 0.25) is 0 Å². The second-order valence-electron chi connectivity index (χ2n) is 5.64. The van der Waals surface area contributed by atoms with Crippen LogP contribution in [0.15, 0.2) is 9.98 Å². The van der Waals surface area contributed by atoms with E-state index >= 15 is 0 Å². The first-order valence-corrected chi connectivity index (χ1v) is 8.38. The Morgan fingerprint density at radius 1 is 0.759 bits per heavy atom. The number of carbonyl (C=O) groups excluding carboxylic acids is 2. The van der Waals surface area contributed by atoms with Gasteiger partial charge >= 0.3 is 24.1 Å². The van der Waals surface area contributed by atoms with Crippen molar-refractivity contribution in [3.8, 4) is 0 Å². The van der Waals surface area contributed by atoms with E-state index < -0.39 is 36.2 Å². The van der Waals surface area contributed by atoms with Crippen LogP contribution in [0.5, 0.6) is 0 Å². The van der Waals surface area contributed by atoms with Crippen LogP contribution in [0.1, 0.15) is 25.7 Å². The van der Waals surface area contributed by atoms with Crippen molar-refractivity contribution in [3.63, 3.8) is 0 Å². The van der Waals surface area contributed by atoms with E-state index in [2.05, 4.69) is 14.7 Å². The summed E-state index contributed by atoms with van der Waals surface area (Å²) in [5.41, 5.74) is 20.6. The van der Waals surface area contributed by atoms with Crippen LogP contribution in [0.4, 0.5) is 9.59 Å². The standard InChI is InChI=1S/C14H26N8O7/c15-11(16)19-5-1-3-7(21-13(25)26)9(23)29-10(24)8(22-14(27)28)4-2-6-20-12(17)18/h7-8,21-22H,1-6H2,(H,25,26)(H,27,28)(H4,15,16,19)(H4,17,18,20)/t7-,8-/m0/s1. The fraction of sp³-hybridized carbons (Fsp3) is 0.571. The maximum atomic E-state index is 12.1. The van der Waals surface area contributed by atoms with E-state index in [0.29, 0.717) is 0 Å². The summed E-state index contributed by atoms with van der Waals surface area (Å²) in [6, 6.07) is -2.75. The average Bonchev–Trinajstić information content (AvgIpc) is 2.58. The zero-order chi connectivity index (χ0) is 22.4. The molecule has 0 spiro atoms. The molecule has 0 saturated heterocycles. The Morgan fingerprint density at radius 3 is 1.38 bits per heavy atom.